The van der Waals surface area contributed by atoms with Gasteiger partial charge in [-0.2, -0.15) is 0 Å². The quantitative estimate of drug-likeness (QED) is 0.800. The summed E-state index contributed by atoms with van der Waals surface area (Å²) in [6, 6.07) is 15.0. The highest BCUT2D eigenvalue weighted by Crippen LogP contribution is 2.34. The maximum Gasteiger partial charge on any atom is 0.242 e. The second-order valence-corrected chi connectivity index (χ2v) is 7.54. The predicted molar refractivity (Wildman–Crippen MR) is 113 cm³/mol. The minimum Gasteiger partial charge on any atom is -0.494 e. The smallest absolute Gasteiger partial charge is 0.242 e. The van der Waals surface area contributed by atoms with E-state index in [4.69, 9.17) is 4.74 Å². The van der Waals surface area contributed by atoms with E-state index in [1.165, 1.54) is 11.8 Å². The summed E-state index contributed by atoms with van der Waals surface area (Å²) in [6.07, 6.45) is 0.0961. The number of aliphatic imine (C=N–C) groups is 1. The van der Waals surface area contributed by atoms with E-state index in [2.05, 4.69) is 10.3 Å². The number of nitrogens with one attached hydrogen (secondary N) is 1. The molecule has 6 nitrogen and oxygen atoms in total. The second kappa shape index (κ2) is 8.93. The fourth-order valence-electron chi connectivity index (χ4n) is 2.86. The third-order valence-corrected chi connectivity index (χ3v) is 5.52. The molecule has 0 aliphatic carbocycles. The average Bonchev–Trinajstić information content (AvgIpc) is 2.98. The molecule has 0 unspecified atom stereocenters. The van der Waals surface area contributed by atoms with Gasteiger partial charge in [-0.05, 0) is 38.1 Å². The van der Waals surface area contributed by atoms with E-state index in [1.807, 2.05) is 62.4 Å². The molecular weight excluding hydrogens is 374 g/mol. The standard InChI is InChI=1S/C21H23N3O3S/c1-4-24-20(26)18(13-19(25)22-15-11-9-14(2)10-12-15)28-21(24)23-16-7-5-6-8-17(16)27-3/h5-12,18H,4,13H2,1-3H3,(H,22,25)/t18-/m1/s1. The van der Waals surface area contributed by atoms with Gasteiger partial charge in [0.15, 0.2) is 5.17 Å². The summed E-state index contributed by atoms with van der Waals surface area (Å²) in [4.78, 5) is 31.4. The van der Waals surface area contributed by atoms with Gasteiger partial charge >= 0.3 is 0 Å². The van der Waals surface area contributed by atoms with E-state index < -0.39 is 5.25 Å². The molecule has 2 aromatic carbocycles. The lowest BCUT2D eigenvalue weighted by atomic mass is 10.2. The van der Waals surface area contributed by atoms with Gasteiger partial charge in [0.05, 0.1) is 7.11 Å². The zero-order chi connectivity index (χ0) is 20.1. The first kappa shape index (κ1) is 19.9. The number of amides is 2. The van der Waals surface area contributed by atoms with Gasteiger partial charge in [0.25, 0.3) is 0 Å². The fraction of sp³-hybridized carbons (Fsp3) is 0.286. The van der Waals surface area contributed by atoms with Crippen molar-refractivity contribution in [2.45, 2.75) is 25.5 Å². The van der Waals surface area contributed by atoms with Gasteiger partial charge in [0.2, 0.25) is 11.8 Å². The van der Waals surface area contributed by atoms with Gasteiger partial charge in [-0.1, -0.05) is 41.6 Å². The van der Waals surface area contributed by atoms with Crippen LogP contribution in [0.5, 0.6) is 5.75 Å². The summed E-state index contributed by atoms with van der Waals surface area (Å²) in [5.74, 6) is 0.351. The Kier molecular flexibility index (Phi) is 6.36. The Morgan fingerprint density at radius 3 is 2.61 bits per heavy atom. The zero-order valence-electron chi connectivity index (χ0n) is 16.1. The number of hydrogen-bond donors (Lipinski definition) is 1. The highest BCUT2D eigenvalue weighted by molar-refractivity contribution is 8.15. The van der Waals surface area contributed by atoms with Crippen LogP contribution in [0.25, 0.3) is 0 Å². The lowest BCUT2D eigenvalue weighted by molar-refractivity contribution is -0.128. The number of ether oxygens (including phenoxy) is 1. The molecule has 1 atom stereocenters. The van der Waals surface area contributed by atoms with Crippen molar-refractivity contribution in [1.82, 2.24) is 4.90 Å². The summed E-state index contributed by atoms with van der Waals surface area (Å²) in [7, 11) is 1.59. The van der Waals surface area contributed by atoms with Gasteiger partial charge in [-0.15, -0.1) is 0 Å². The van der Waals surface area contributed by atoms with Gasteiger partial charge in [0.1, 0.15) is 16.7 Å². The third kappa shape index (κ3) is 4.54. The van der Waals surface area contributed by atoms with Crippen molar-refractivity contribution in [3.8, 4) is 5.75 Å². The van der Waals surface area contributed by atoms with Gasteiger partial charge < -0.3 is 10.1 Å². The number of anilines is 1. The van der Waals surface area contributed by atoms with Crippen molar-refractivity contribution in [3.63, 3.8) is 0 Å². The molecule has 1 fully saturated rings. The van der Waals surface area contributed by atoms with E-state index in [-0.39, 0.29) is 18.2 Å². The molecule has 0 bridgehead atoms. The molecule has 146 valence electrons. The van der Waals surface area contributed by atoms with Crippen LogP contribution in [-0.2, 0) is 9.59 Å². The maximum atomic E-state index is 12.7. The highest BCUT2D eigenvalue weighted by atomic mass is 32.2. The molecule has 0 aromatic heterocycles. The predicted octanol–water partition coefficient (Wildman–Crippen LogP) is 3.98. The van der Waals surface area contributed by atoms with E-state index in [0.717, 1.165) is 11.3 Å². The highest BCUT2D eigenvalue weighted by Gasteiger charge is 2.38. The van der Waals surface area contributed by atoms with Crippen LogP contribution in [0.15, 0.2) is 53.5 Å². The second-order valence-electron chi connectivity index (χ2n) is 6.37. The molecule has 1 heterocycles. The summed E-state index contributed by atoms with van der Waals surface area (Å²) < 4.78 is 5.33. The lowest BCUT2D eigenvalue weighted by Gasteiger charge is -2.14. The van der Waals surface area contributed by atoms with Crippen LogP contribution in [0.4, 0.5) is 11.4 Å². The number of hydrogen-bond acceptors (Lipinski definition) is 5. The van der Waals surface area contributed by atoms with Gasteiger partial charge in [-0.3, -0.25) is 14.5 Å². The minimum absolute atomic E-state index is 0.0961. The first-order valence-corrected chi connectivity index (χ1v) is 9.96. The molecular formula is C21H23N3O3S. The first-order valence-electron chi connectivity index (χ1n) is 9.08. The molecule has 7 heteroatoms. The molecule has 2 amide bonds. The minimum atomic E-state index is -0.487. The number of carbonyl (C=O) groups excluding carboxylic acids is 2. The topological polar surface area (TPSA) is 71.0 Å². The van der Waals surface area contributed by atoms with Crippen molar-refractivity contribution < 1.29 is 14.3 Å². The third-order valence-electron chi connectivity index (χ3n) is 4.34. The molecule has 0 radical (unpaired) electrons. The Balaban J connectivity index is 1.73. The van der Waals surface area contributed by atoms with Crippen molar-refractivity contribution in [1.29, 1.82) is 0 Å². The van der Waals surface area contributed by atoms with Crippen molar-refractivity contribution in [3.05, 3.63) is 54.1 Å². The summed E-state index contributed by atoms with van der Waals surface area (Å²) in [5.41, 5.74) is 2.50. The monoisotopic (exact) mass is 397 g/mol. The van der Waals surface area contributed by atoms with Crippen LogP contribution in [0.3, 0.4) is 0 Å². The summed E-state index contributed by atoms with van der Waals surface area (Å²) in [6.45, 7) is 4.38. The number of amidine groups is 1. The van der Waals surface area contributed by atoms with Crippen LogP contribution in [-0.4, -0.2) is 40.8 Å². The van der Waals surface area contributed by atoms with E-state index >= 15 is 0 Å². The summed E-state index contributed by atoms with van der Waals surface area (Å²) >= 11 is 1.32. The molecule has 1 saturated heterocycles. The number of benzene rings is 2. The Morgan fingerprint density at radius 2 is 1.93 bits per heavy atom. The largest absolute Gasteiger partial charge is 0.494 e. The molecule has 0 saturated carbocycles. The van der Waals surface area contributed by atoms with Crippen LogP contribution in [0.2, 0.25) is 0 Å². The van der Waals surface area contributed by atoms with Gasteiger partial charge in [-0.25, -0.2) is 4.99 Å². The Bertz CT molecular complexity index is 896. The van der Waals surface area contributed by atoms with Crippen LogP contribution >= 0.6 is 11.8 Å². The number of para-hydroxylation sites is 2. The molecule has 28 heavy (non-hydrogen) atoms. The zero-order valence-corrected chi connectivity index (χ0v) is 17.0. The molecule has 1 N–H and O–H groups in total. The fourth-order valence-corrected chi connectivity index (χ4v) is 4.07. The first-order chi connectivity index (χ1) is 13.5. The number of methoxy groups -OCH3 is 1. The van der Waals surface area contributed by atoms with Crippen molar-refractivity contribution >= 4 is 40.1 Å². The van der Waals surface area contributed by atoms with Crippen LogP contribution in [0, 0.1) is 6.92 Å². The van der Waals surface area contributed by atoms with Crippen molar-refractivity contribution in [2.24, 2.45) is 4.99 Å². The van der Waals surface area contributed by atoms with E-state index in [9.17, 15) is 9.59 Å². The molecule has 1 aliphatic rings. The Labute approximate surface area is 169 Å². The number of rotatable bonds is 6. The van der Waals surface area contributed by atoms with Gasteiger partial charge in [0, 0.05) is 18.7 Å². The van der Waals surface area contributed by atoms with Crippen LogP contribution < -0.4 is 10.1 Å². The number of nitrogens with zero attached hydrogens (tertiary/aromatic N) is 2. The van der Waals surface area contributed by atoms with Crippen molar-refractivity contribution in [2.75, 3.05) is 19.0 Å². The normalized spacial score (nSPS) is 17.8. The lowest BCUT2D eigenvalue weighted by Crippen LogP contribution is -2.33. The Morgan fingerprint density at radius 1 is 1.21 bits per heavy atom. The average molecular weight is 398 g/mol. The van der Waals surface area contributed by atoms with Crippen LogP contribution in [0.1, 0.15) is 18.9 Å². The molecule has 1 aliphatic heterocycles. The number of thioether (sulfide) groups is 1. The van der Waals surface area contributed by atoms with E-state index in [0.29, 0.717) is 23.1 Å². The SMILES string of the molecule is CCN1C(=O)[C@@H](CC(=O)Nc2ccc(C)cc2)SC1=Nc1ccccc1OC. The number of carbonyl (C=O) groups is 2. The maximum absolute atomic E-state index is 12.7. The Hall–Kier alpha value is -2.80. The molecule has 2 aromatic rings. The summed E-state index contributed by atoms with van der Waals surface area (Å²) in [5, 5.41) is 2.95. The molecule has 3 rings (SSSR count). The number of aryl methyl sites for hydroxylation is 1. The van der Waals surface area contributed by atoms with E-state index in [1.54, 1.807) is 12.0 Å². The molecule has 0 spiro atoms.